The number of allylic oxidation sites excluding steroid dienone is 3. The first kappa shape index (κ1) is 15.6. The fourth-order valence-electron chi connectivity index (χ4n) is 3.74. The van der Waals surface area contributed by atoms with Gasteiger partial charge in [-0.3, -0.25) is 4.79 Å². The first-order valence-electron chi connectivity index (χ1n) is 8.41. The largest absolute Gasteiger partial charge is 0.491 e. The maximum Gasteiger partial charge on any atom is 0.224 e. The lowest BCUT2D eigenvalue weighted by atomic mass is 9.96. The Morgan fingerprint density at radius 3 is 2.73 bits per heavy atom. The summed E-state index contributed by atoms with van der Waals surface area (Å²) in [6, 6.07) is 0. The first-order chi connectivity index (χ1) is 10.4. The minimum atomic E-state index is -0.342. The summed E-state index contributed by atoms with van der Waals surface area (Å²) < 4.78 is 5.97. The number of nitrogens with one attached hydrogen (secondary N) is 2. The van der Waals surface area contributed by atoms with Gasteiger partial charge in [-0.1, -0.05) is 13.0 Å². The molecule has 22 heavy (non-hydrogen) atoms. The zero-order chi connectivity index (χ0) is 15.9. The Kier molecular flexibility index (Phi) is 4.06. The summed E-state index contributed by atoms with van der Waals surface area (Å²) in [4.78, 5) is 12.4. The van der Waals surface area contributed by atoms with E-state index >= 15 is 0 Å². The van der Waals surface area contributed by atoms with Gasteiger partial charge >= 0.3 is 0 Å². The summed E-state index contributed by atoms with van der Waals surface area (Å²) in [6.07, 6.45) is 5.31. The molecule has 4 heteroatoms. The van der Waals surface area contributed by atoms with Gasteiger partial charge in [0.1, 0.15) is 12.4 Å². The molecule has 0 spiro atoms. The average Bonchev–Trinajstić information content (AvgIpc) is 2.91. The van der Waals surface area contributed by atoms with E-state index in [2.05, 4.69) is 36.6 Å². The van der Waals surface area contributed by atoms with Crippen LogP contribution in [0.5, 0.6) is 0 Å². The fourth-order valence-corrected chi connectivity index (χ4v) is 3.74. The molecule has 0 unspecified atom stereocenters. The molecule has 1 saturated heterocycles. The lowest BCUT2D eigenvalue weighted by Crippen LogP contribution is -2.48. The third kappa shape index (κ3) is 3.22. The van der Waals surface area contributed by atoms with Gasteiger partial charge in [0.15, 0.2) is 0 Å². The average molecular weight is 304 g/mol. The lowest BCUT2D eigenvalue weighted by molar-refractivity contribution is -0.125. The predicted molar refractivity (Wildman–Crippen MR) is 87.1 cm³/mol. The number of carbonyl (C=O) groups excluding carboxylic acids is 1. The van der Waals surface area contributed by atoms with Crippen molar-refractivity contribution in [2.24, 2.45) is 23.7 Å². The predicted octanol–water partition coefficient (Wildman–Crippen LogP) is 2.23. The zero-order valence-corrected chi connectivity index (χ0v) is 14.1. The van der Waals surface area contributed by atoms with Crippen molar-refractivity contribution in [2.75, 3.05) is 19.7 Å². The van der Waals surface area contributed by atoms with E-state index < -0.39 is 0 Å². The molecule has 122 valence electrons. The van der Waals surface area contributed by atoms with E-state index in [9.17, 15) is 4.79 Å². The normalized spacial score (nSPS) is 33.6. The van der Waals surface area contributed by atoms with E-state index in [1.165, 1.54) is 5.57 Å². The van der Waals surface area contributed by atoms with Crippen LogP contribution in [-0.2, 0) is 9.53 Å². The molecule has 1 heterocycles. The molecule has 1 saturated carbocycles. The third-order valence-electron chi connectivity index (χ3n) is 5.07. The van der Waals surface area contributed by atoms with Crippen molar-refractivity contribution in [3.05, 3.63) is 23.5 Å². The van der Waals surface area contributed by atoms with E-state index in [0.717, 1.165) is 25.3 Å². The fraction of sp³-hybridized carbons (Fsp3) is 0.722. The smallest absolute Gasteiger partial charge is 0.224 e. The van der Waals surface area contributed by atoms with Gasteiger partial charge in [0.05, 0.1) is 5.54 Å². The van der Waals surface area contributed by atoms with Crippen LogP contribution in [0, 0.1) is 23.7 Å². The number of hydrogen-bond donors (Lipinski definition) is 2. The standard InChI is InChI=1S/C18H28N2O2/c1-11-5-6-15(12(2)7-11)22-10-18(3,4)20-17(21)16-13-8-19-9-14(13)16/h5-6,11,13-14,16,19H,7-10H2,1-4H3,(H,20,21)/t11-,13-,14+,16+/m1/s1. The quantitative estimate of drug-likeness (QED) is 0.819. The van der Waals surface area contributed by atoms with Crippen molar-refractivity contribution in [3.63, 3.8) is 0 Å². The van der Waals surface area contributed by atoms with Gasteiger partial charge in [0.25, 0.3) is 0 Å². The molecule has 3 aliphatic rings. The van der Waals surface area contributed by atoms with Crippen LogP contribution in [0.25, 0.3) is 0 Å². The van der Waals surface area contributed by atoms with Gasteiger partial charge in [0, 0.05) is 5.92 Å². The van der Waals surface area contributed by atoms with Crippen molar-refractivity contribution in [1.29, 1.82) is 0 Å². The molecule has 4 atom stereocenters. The highest BCUT2D eigenvalue weighted by Crippen LogP contribution is 2.48. The first-order valence-corrected chi connectivity index (χ1v) is 8.41. The van der Waals surface area contributed by atoms with E-state index in [4.69, 9.17) is 4.74 Å². The number of carbonyl (C=O) groups is 1. The monoisotopic (exact) mass is 304 g/mol. The molecule has 1 amide bonds. The molecule has 2 fully saturated rings. The Bertz CT molecular complexity index is 511. The molecule has 4 nitrogen and oxygen atoms in total. The number of rotatable bonds is 5. The van der Waals surface area contributed by atoms with Crippen LogP contribution in [0.3, 0.4) is 0 Å². The highest BCUT2D eigenvalue weighted by atomic mass is 16.5. The van der Waals surface area contributed by atoms with Gasteiger partial charge in [-0.15, -0.1) is 0 Å². The summed E-state index contributed by atoms with van der Waals surface area (Å²) in [6.45, 7) is 10.9. The van der Waals surface area contributed by atoms with Gasteiger partial charge in [0.2, 0.25) is 5.91 Å². The van der Waals surface area contributed by atoms with E-state index in [1.54, 1.807) is 0 Å². The Hall–Kier alpha value is -1.29. The van der Waals surface area contributed by atoms with Crippen molar-refractivity contribution in [2.45, 2.75) is 39.7 Å². The topological polar surface area (TPSA) is 50.4 Å². The molecule has 3 rings (SSSR count). The summed E-state index contributed by atoms with van der Waals surface area (Å²) in [7, 11) is 0. The number of amides is 1. The highest BCUT2D eigenvalue weighted by molar-refractivity contribution is 5.83. The second-order valence-corrected chi connectivity index (χ2v) is 7.86. The van der Waals surface area contributed by atoms with Crippen LogP contribution < -0.4 is 10.6 Å². The van der Waals surface area contributed by atoms with Crippen molar-refractivity contribution in [1.82, 2.24) is 10.6 Å². The maximum atomic E-state index is 12.4. The van der Waals surface area contributed by atoms with Gasteiger partial charge in [-0.25, -0.2) is 0 Å². The minimum absolute atomic E-state index is 0.198. The maximum absolute atomic E-state index is 12.4. The van der Waals surface area contributed by atoms with Crippen molar-refractivity contribution in [3.8, 4) is 0 Å². The highest BCUT2D eigenvalue weighted by Gasteiger charge is 2.57. The Labute approximate surface area is 133 Å². The van der Waals surface area contributed by atoms with Crippen LogP contribution in [0.4, 0.5) is 0 Å². The van der Waals surface area contributed by atoms with Crippen molar-refractivity contribution < 1.29 is 9.53 Å². The molecule has 1 aliphatic heterocycles. The van der Waals surface area contributed by atoms with Gasteiger partial charge < -0.3 is 15.4 Å². The third-order valence-corrected chi connectivity index (χ3v) is 5.07. The summed E-state index contributed by atoms with van der Waals surface area (Å²) >= 11 is 0. The molecule has 0 aromatic carbocycles. The van der Waals surface area contributed by atoms with E-state index in [-0.39, 0.29) is 17.4 Å². The summed E-state index contributed by atoms with van der Waals surface area (Å²) in [5, 5.41) is 6.50. The number of piperidine rings is 1. The van der Waals surface area contributed by atoms with Crippen LogP contribution in [0.15, 0.2) is 23.5 Å². The number of ether oxygens (including phenoxy) is 1. The Balaban J connectivity index is 1.50. The number of hydrogen-bond acceptors (Lipinski definition) is 3. The second kappa shape index (κ2) is 5.73. The molecule has 0 radical (unpaired) electrons. The van der Waals surface area contributed by atoms with E-state index in [0.29, 0.717) is 24.4 Å². The zero-order valence-electron chi connectivity index (χ0n) is 14.1. The van der Waals surface area contributed by atoms with Crippen LogP contribution in [0.1, 0.15) is 34.1 Å². The lowest BCUT2D eigenvalue weighted by Gasteiger charge is -2.28. The second-order valence-electron chi connectivity index (χ2n) is 7.86. The summed E-state index contributed by atoms with van der Waals surface area (Å²) in [5.74, 6) is 3.09. The Morgan fingerprint density at radius 1 is 1.41 bits per heavy atom. The molecule has 0 aromatic rings. The van der Waals surface area contributed by atoms with Gasteiger partial charge in [-0.05, 0) is 69.7 Å². The summed E-state index contributed by atoms with van der Waals surface area (Å²) in [5.41, 5.74) is 0.950. The minimum Gasteiger partial charge on any atom is -0.491 e. The molecule has 2 aliphatic carbocycles. The molecule has 2 N–H and O–H groups in total. The number of fused-ring (bicyclic) bond motifs is 1. The van der Waals surface area contributed by atoms with Crippen LogP contribution in [0.2, 0.25) is 0 Å². The Morgan fingerprint density at radius 2 is 2.09 bits per heavy atom. The van der Waals surface area contributed by atoms with Crippen LogP contribution >= 0.6 is 0 Å². The van der Waals surface area contributed by atoms with Crippen LogP contribution in [-0.4, -0.2) is 31.1 Å². The molecular weight excluding hydrogens is 276 g/mol. The van der Waals surface area contributed by atoms with Crippen molar-refractivity contribution >= 4 is 5.91 Å². The molecular formula is C18H28N2O2. The molecule has 0 bridgehead atoms. The van der Waals surface area contributed by atoms with E-state index in [1.807, 2.05) is 13.8 Å². The SMILES string of the molecule is CC1=C(OCC(C)(C)NC(=O)[C@H]2[C@@H]3CNC[C@@H]32)C=C[C@@H](C)C1. The molecule has 0 aromatic heterocycles. The van der Waals surface area contributed by atoms with Gasteiger partial charge in [-0.2, -0.15) is 0 Å².